The van der Waals surface area contributed by atoms with Crippen LogP contribution in [0.15, 0.2) is 0 Å². The molecule has 3 rings (SSSR count). The van der Waals surface area contributed by atoms with Gasteiger partial charge in [-0.3, -0.25) is 4.90 Å². The largest absolute Gasteiger partial charge is 0.329 e. The third kappa shape index (κ3) is 2.04. The molecule has 0 amide bonds. The fourth-order valence-corrected chi connectivity index (χ4v) is 4.38. The van der Waals surface area contributed by atoms with Gasteiger partial charge in [-0.1, -0.05) is 12.8 Å². The summed E-state index contributed by atoms with van der Waals surface area (Å²) in [6.07, 6.45) is 11.7. The van der Waals surface area contributed by atoms with Crippen molar-refractivity contribution in [1.82, 2.24) is 4.90 Å². The first kappa shape index (κ1) is 12.0. The molecule has 0 radical (unpaired) electrons. The maximum absolute atomic E-state index is 6.08. The molecule has 0 aromatic carbocycles. The van der Waals surface area contributed by atoms with Crippen LogP contribution >= 0.6 is 0 Å². The van der Waals surface area contributed by atoms with E-state index in [2.05, 4.69) is 11.8 Å². The molecule has 1 saturated heterocycles. The number of nitrogens with two attached hydrogens (primary N) is 1. The normalized spacial score (nSPS) is 32.8. The second kappa shape index (κ2) is 4.24. The van der Waals surface area contributed by atoms with Gasteiger partial charge >= 0.3 is 0 Å². The van der Waals surface area contributed by atoms with E-state index in [1.807, 2.05) is 0 Å². The van der Waals surface area contributed by atoms with Gasteiger partial charge in [-0.15, -0.1) is 0 Å². The van der Waals surface area contributed by atoms with Crippen LogP contribution in [0.4, 0.5) is 0 Å². The monoisotopic (exact) mass is 236 g/mol. The summed E-state index contributed by atoms with van der Waals surface area (Å²) in [5, 5.41) is 0. The molecular formula is C15H28N2. The van der Waals surface area contributed by atoms with Gasteiger partial charge in [0.2, 0.25) is 0 Å². The average molecular weight is 236 g/mol. The molecule has 17 heavy (non-hydrogen) atoms. The lowest BCUT2D eigenvalue weighted by molar-refractivity contribution is 0.0195. The molecule has 98 valence electrons. The van der Waals surface area contributed by atoms with E-state index in [4.69, 9.17) is 5.73 Å². The van der Waals surface area contributed by atoms with Crippen LogP contribution in [-0.4, -0.2) is 30.1 Å². The van der Waals surface area contributed by atoms with Crippen molar-refractivity contribution in [3.63, 3.8) is 0 Å². The van der Waals surface area contributed by atoms with E-state index in [0.717, 1.165) is 17.9 Å². The van der Waals surface area contributed by atoms with Gasteiger partial charge < -0.3 is 5.73 Å². The highest BCUT2D eigenvalue weighted by atomic mass is 15.2. The number of rotatable bonds is 3. The van der Waals surface area contributed by atoms with Crippen molar-refractivity contribution >= 4 is 0 Å². The summed E-state index contributed by atoms with van der Waals surface area (Å²) >= 11 is 0. The van der Waals surface area contributed by atoms with Crippen molar-refractivity contribution in [1.29, 1.82) is 0 Å². The van der Waals surface area contributed by atoms with Gasteiger partial charge in [0.25, 0.3) is 0 Å². The van der Waals surface area contributed by atoms with Gasteiger partial charge in [-0.2, -0.15) is 0 Å². The summed E-state index contributed by atoms with van der Waals surface area (Å²) in [6, 6.07) is 0. The fraction of sp³-hybridized carbons (Fsp3) is 1.00. The molecule has 1 aliphatic heterocycles. The molecule has 2 N–H and O–H groups in total. The lowest BCUT2D eigenvalue weighted by Gasteiger charge is -2.48. The van der Waals surface area contributed by atoms with Crippen LogP contribution in [0.3, 0.4) is 0 Å². The molecule has 3 fully saturated rings. The molecule has 0 aromatic heterocycles. The number of hydrogen-bond acceptors (Lipinski definition) is 2. The van der Waals surface area contributed by atoms with Crippen molar-refractivity contribution in [2.45, 2.75) is 63.8 Å². The highest BCUT2D eigenvalue weighted by Gasteiger charge is 2.47. The quantitative estimate of drug-likeness (QED) is 0.816. The first-order valence-electron chi connectivity index (χ1n) is 7.64. The van der Waals surface area contributed by atoms with E-state index in [-0.39, 0.29) is 0 Å². The van der Waals surface area contributed by atoms with Gasteiger partial charge in [0.15, 0.2) is 0 Å². The molecule has 2 heteroatoms. The summed E-state index contributed by atoms with van der Waals surface area (Å²) in [5.41, 5.74) is 7.15. The zero-order chi connectivity index (χ0) is 11.9. The molecule has 1 unspecified atom stereocenters. The highest BCUT2D eigenvalue weighted by Crippen LogP contribution is 2.49. The van der Waals surface area contributed by atoms with Gasteiger partial charge in [0.05, 0.1) is 0 Å². The molecule has 0 bridgehead atoms. The maximum Gasteiger partial charge on any atom is 0.0331 e. The van der Waals surface area contributed by atoms with Crippen LogP contribution in [0.5, 0.6) is 0 Å². The Morgan fingerprint density at radius 2 is 1.71 bits per heavy atom. The minimum atomic E-state index is 0.320. The Labute approximate surface area is 106 Å². The van der Waals surface area contributed by atoms with Gasteiger partial charge in [0.1, 0.15) is 0 Å². The van der Waals surface area contributed by atoms with Gasteiger partial charge in [-0.25, -0.2) is 0 Å². The molecule has 2 saturated carbocycles. The molecule has 3 aliphatic rings. The zero-order valence-electron chi connectivity index (χ0n) is 11.4. The molecule has 2 nitrogen and oxygen atoms in total. The van der Waals surface area contributed by atoms with Gasteiger partial charge in [0, 0.05) is 12.1 Å². The van der Waals surface area contributed by atoms with Crippen LogP contribution in [0.2, 0.25) is 0 Å². The molecule has 1 heterocycles. The SMILES string of the molecule is CC(CN)(C1CC1)N1CCC2(CCCC2)CC1. The molecule has 0 aromatic rings. The summed E-state index contributed by atoms with van der Waals surface area (Å²) in [7, 11) is 0. The second-order valence-corrected chi connectivity index (χ2v) is 7.03. The minimum absolute atomic E-state index is 0.320. The Hall–Kier alpha value is -0.0800. The number of likely N-dealkylation sites (tertiary alicyclic amines) is 1. The molecule has 2 aliphatic carbocycles. The first-order valence-corrected chi connectivity index (χ1v) is 7.64. The lowest BCUT2D eigenvalue weighted by atomic mass is 9.75. The van der Waals surface area contributed by atoms with Crippen LogP contribution in [0, 0.1) is 11.3 Å². The summed E-state index contributed by atoms with van der Waals surface area (Å²) in [5.74, 6) is 0.894. The van der Waals surface area contributed by atoms with Crippen molar-refractivity contribution < 1.29 is 0 Å². The fourth-order valence-electron chi connectivity index (χ4n) is 4.38. The Balaban J connectivity index is 1.63. The van der Waals surface area contributed by atoms with E-state index in [1.54, 1.807) is 0 Å². The highest BCUT2D eigenvalue weighted by molar-refractivity contribution is 5.03. The van der Waals surface area contributed by atoms with Crippen molar-refractivity contribution in [3.05, 3.63) is 0 Å². The topological polar surface area (TPSA) is 29.3 Å². The number of hydrogen-bond donors (Lipinski definition) is 1. The third-order valence-electron chi connectivity index (χ3n) is 6.08. The van der Waals surface area contributed by atoms with Crippen LogP contribution in [0.1, 0.15) is 58.3 Å². The summed E-state index contributed by atoms with van der Waals surface area (Å²) in [6.45, 7) is 5.89. The van der Waals surface area contributed by atoms with E-state index in [9.17, 15) is 0 Å². The Kier molecular flexibility index (Phi) is 2.99. The van der Waals surface area contributed by atoms with Crippen molar-refractivity contribution in [2.75, 3.05) is 19.6 Å². The van der Waals surface area contributed by atoms with Crippen molar-refractivity contribution in [2.24, 2.45) is 17.1 Å². The number of nitrogens with zero attached hydrogens (tertiary/aromatic N) is 1. The van der Waals surface area contributed by atoms with Crippen molar-refractivity contribution in [3.8, 4) is 0 Å². The Bertz CT molecular complexity index is 269. The van der Waals surface area contributed by atoms with Crippen LogP contribution in [0.25, 0.3) is 0 Å². The first-order chi connectivity index (χ1) is 8.19. The van der Waals surface area contributed by atoms with Gasteiger partial charge in [-0.05, 0) is 69.9 Å². The third-order valence-corrected chi connectivity index (χ3v) is 6.08. The predicted octanol–water partition coefficient (Wildman–Crippen LogP) is 2.77. The summed E-state index contributed by atoms with van der Waals surface area (Å²) < 4.78 is 0. The van der Waals surface area contributed by atoms with Crippen LogP contribution in [-0.2, 0) is 0 Å². The van der Waals surface area contributed by atoms with Crippen LogP contribution < -0.4 is 5.73 Å². The molecule has 1 spiro atoms. The molecular weight excluding hydrogens is 208 g/mol. The molecule has 1 atom stereocenters. The van der Waals surface area contributed by atoms with E-state index < -0.39 is 0 Å². The second-order valence-electron chi connectivity index (χ2n) is 7.03. The lowest BCUT2D eigenvalue weighted by Crippen LogP contribution is -2.57. The van der Waals surface area contributed by atoms with E-state index in [0.29, 0.717) is 5.54 Å². The Morgan fingerprint density at radius 1 is 1.12 bits per heavy atom. The minimum Gasteiger partial charge on any atom is -0.329 e. The summed E-state index contributed by atoms with van der Waals surface area (Å²) in [4.78, 5) is 2.73. The zero-order valence-corrected chi connectivity index (χ0v) is 11.4. The predicted molar refractivity (Wildman–Crippen MR) is 71.9 cm³/mol. The van der Waals surface area contributed by atoms with E-state index in [1.165, 1.54) is 64.5 Å². The average Bonchev–Trinajstić information content (AvgIpc) is 3.13. The maximum atomic E-state index is 6.08. The smallest absolute Gasteiger partial charge is 0.0331 e. The number of piperidine rings is 1. The standard InChI is InChI=1S/C15H28N2/c1-14(12-16,13-4-5-13)17-10-8-15(9-11-17)6-2-3-7-15/h13H,2-12,16H2,1H3. The van der Waals surface area contributed by atoms with E-state index >= 15 is 0 Å². The Morgan fingerprint density at radius 3 is 2.18 bits per heavy atom.